The van der Waals surface area contributed by atoms with Crippen LogP contribution in [-0.4, -0.2) is 60.7 Å². The fraction of sp³-hybridized carbons (Fsp3) is 0.391. The van der Waals surface area contributed by atoms with Crippen LogP contribution in [-0.2, 0) is 4.74 Å². The maximum absolute atomic E-state index is 13.5. The van der Waals surface area contributed by atoms with Crippen LogP contribution < -0.4 is 20.1 Å². The highest BCUT2D eigenvalue weighted by atomic mass is 35.5. The van der Waals surface area contributed by atoms with E-state index >= 15 is 0 Å². The molecule has 8 nitrogen and oxygen atoms in total. The summed E-state index contributed by atoms with van der Waals surface area (Å²) in [6, 6.07) is 7.91. The van der Waals surface area contributed by atoms with Gasteiger partial charge in [0.15, 0.2) is 11.5 Å². The van der Waals surface area contributed by atoms with Crippen molar-refractivity contribution in [3.63, 3.8) is 0 Å². The van der Waals surface area contributed by atoms with Gasteiger partial charge in [-0.25, -0.2) is 14.4 Å². The third-order valence-electron chi connectivity index (χ3n) is 4.52. The van der Waals surface area contributed by atoms with Gasteiger partial charge in [0.1, 0.15) is 31.2 Å². The Morgan fingerprint density at radius 3 is 2.55 bits per heavy atom. The molecular formula is C23H28ClFN4O4. The van der Waals surface area contributed by atoms with E-state index in [1.165, 1.54) is 18.5 Å². The predicted octanol–water partition coefficient (Wildman–Crippen LogP) is 3.93. The van der Waals surface area contributed by atoms with Crippen LogP contribution in [0.4, 0.5) is 15.9 Å². The molecule has 0 aliphatic heterocycles. The summed E-state index contributed by atoms with van der Waals surface area (Å²) < 4.78 is 30.4. The number of hydrogen-bond donors (Lipinski definition) is 3. The number of halogens is 2. The minimum absolute atomic E-state index is 0.00905. The van der Waals surface area contributed by atoms with Crippen molar-refractivity contribution >= 4 is 34.0 Å². The van der Waals surface area contributed by atoms with E-state index in [1.54, 1.807) is 39.2 Å². The topological polar surface area (TPSA) is 97.8 Å². The Morgan fingerprint density at radius 2 is 1.82 bits per heavy atom. The Hall–Kier alpha value is -2.72. The molecule has 0 unspecified atom stereocenters. The lowest BCUT2D eigenvalue weighted by molar-refractivity contribution is 0.0788. The maximum Gasteiger partial charge on any atom is 0.163 e. The average Bonchev–Trinajstić information content (AvgIpc) is 2.76. The van der Waals surface area contributed by atoms with E-state index in [0.717, 1.165) is 0 Å². The van der Waals surface area contributed by atoms with Crippen LogP contribution >= 0.6 is 11.6 Å². The molecule has 0 spiro atoms. The largest absolute Gasteiger partial charge is 0.488 e. The summed E-state index contributed by atoms with van der Waals surface area (Å²) in [4.78, 5) is 8.66. The van der Waals surface area contributed by atoms with Crippen LogP contribution in [0.5, 0.6) is 11.5 Å². The van der Waals surface area contributed by atoms with Crippen molar-refractivity contribution < 1.29 is 23.7 Å². The van der Waals surface area contributed by atoms with Crippen molar-refractivity contribution in [3.05, 3.63) is 47.5 Å². The fourth-order valence-electron chi connectivity index (χ4n) is 2.96. The highest BCUT2D eigenvalue weighted by Gasteiger charge is 2.14. The molecule has 0 aliphatic rings. The Labute approximate surface area is 197 Å². The van der Waals surface area contributed by atoms with E-state index in [2.05, 4.69) is 20.6 Å². The van der Waals surface area contributed by atoms with Gasteiger partial charge in [-0.05, 0) is 38.1 Å². The van der Waals surface area contributed by atoms with Gasteiger partial charge < -0.3 is 30.0 Å². The zero-order valence-electron chi connectivity index (χ0n) is 18.8. The number of methoxy groups -OCH3 is 1. The van der Waals surface area contributed by atoms with Gasteiger partial charge >= 0.3 is 0 Å². The van der Waals surface area contributed by atoms with Crippen LogP contribution in [0, 0.1) is 5.82 Å². The summed E-state index contributed by atoms with van der Waals surface area (Å²) in [5.74, 6) is 1.05. The van der Waals surface area contributed by atoms with Crippen molar-refractivity contribution in [3.8, 4) is 11.5 Å². The molecule has 178 valence electrons. The van der Waals surface area contributed by atoms with Crippen LogP contribution in [0.2, 0.25) is 5.02 Å². The highest BCUT2D eigenvalue weighted by Crippen LogP contribution is 2.35. The first kappa shape index (κ1) is 24.9. The minimum Gasteiger partial charge on any atom is -0.488 e. The summed E-state index contributed by atoms with van der Waals surface area (Å²) in [7, 11) is 1.60. The SMILES string of the molecule is COCCOc1cc2ncnc(Nc3ccc(F)c(Cl)c3)c2cc1OCCNCC(C)(C)O. The number of aromatic nitrogens is 2. The number of nitrogens with one attached hydrogen (secondary N) is 2. The number of ether oxygens (including phenoxy) is 3. The van der Waals surface area contributed by atoms with Gasteiger partial charge in [0.2, 0.25) is 0 Å². The first-order valence-electron chi connectivity index (χ1n) is 10.5. The van der Waals surface area contributed by atoms with E-state index in [-0.39, 0.29) is 5.02 Å². The second-order valence-corrected chi connectivity index (χ2v) is 8.38. The zero-order chi connectivity index (χ0) is 23.8. The van der Waals surface area contributed by atoms with Crippen molar-refractivity contribution in [2.24, 2.45) is 0 Å². The molecule has 0 saturated carbocycles. The molecule has 0 saturated heterocycles. The third kappa shape index (κ3) is 7.40. The lowest BCUT2D eigenvalue weighted by atomic mass is 10.1. The molecule has 0 bridgehead atoms. The van der Waals surface area contributed by atoms with Gasteiger partial charge in [0.25, 0.3) is 0 Å². The lowest BCUT2D eigenvalue weighted by Crippen LogP contribution is -2.36. The van der Waals surface area contributed by atoms with E-state index in [0.29, 0.717) is 66.8 Å². The Bertz CT molecular complexity index is 1080. The number of rotatable bonds is 12. The molecule has 0 radical (unpaired) electrons. The van der Waals surface area contributed by atoms with Crippen molar-refractivity contribution in [1.82, 2.24) is 15.3 Å². The summed E-state index contributed by atoms with van der Waals surface area (Å²) in [6.07, 6.45) is 1.43. The second kappa shape index (κ2) is 11.4. The molecule has 0 atom stereocenters. The molecule has 3 aromatic rings. The molecule has 1 aromatic heterocycles. The van der Waals surface area contributed by atoms with E-state index in [1.807, 2.05) is 0 Å². The fourth-order valence-corrected chi connectivity index (χ4v) is 3.14. The molecule has 0 amide bonds. The minimum atomic E-state index is -0.807. The molecule has 1 heterocycles. The van der Waals surface area contributed by atoms with Gasteiger partial charge in [-0.2, -0.15) is 0 Å². The van der Waals surface area contributed by atoms with Crippen LogP contribution in [0.15, 0.2) is 36.7 Å². The molecule has 2 aromatic carbocycles. The molecule has 33 heavy (non-hydrogen) atoms. The Kier molecular flexibility index (Phi) is 8.62. The Morgan fingerprint density at radius 1 is 1.06 bits per heavy atom. The van der Waals surface area contributed by atoms with Crippen LogP contribution in [0.1, 0.15) is 13.8 Å². The second-order valence-electron chi connectivity index (χ2n) is 7.97. The van der Waals surface area contributed by atoms with E-state index in [4.69, 9.17) is 25.8 Å². The van der Waals surface area contributed by atoms with E-state index < -0.39 is 11.4 Å². The molecule has 3 N–H and O–H groups in total. The standard InChI is InChI=1S/C23H28ClFN4O4/c1-23(2,30)13-26-6-7-32-20-11-16-19(12-21(20)33-9-8-31-3)27-14-28-22(16)29-15-4-5-18(25)17(24)10-15/h4-5,10-12,14,26,30H,6-9,13H2,1-3H3,(H,27,28,29). The Balaban J connectivity index is 1.84. The lowest BCUT2D eigenvalue weighted by Gasteiger charge is -2.18. The smallest absolute Gasteiger partial charge is 0.163 e. The molecular weight excluding hydrogens is 451 g/mol. The summed E-state index contributed by atoms with van der Waals surface area (Å²) in [5.41, 5.74) is 0.416. The number of benzene rings is 2. The van der Waals surface area contributed by atoms with Gasteiger partial charge in [-0.1, -0.05) is 11.6 Å². The average molecular weight is 479 g/mol. The van der Waals surface area contributed by atoms with Crippen molar-refractivity contribution in [1.29, 1.82) is 0 Å². The number of hydrogen-bond acceptors (Lipinski definition) is 8. The van der Waals surface area contributed by atoms with Crippen molar-refractivity contribution in [2.45, 2.75) is 19.4 Å². The first-order chi connectivity index (χ1) is 15.8. The van der Waals surface area contributed by atoms with Gasteiger partial charge in [-0.15, -0.1) is 0 Å². The maximum atomic E-state index is 13.5. The molecule has 10 heteroatoms. The van der Waals surface area contributed by atoms with Gasteiger partial charge in [-0.3, -0.25) is 0 Å². The molecule has 0 aliphatic carbocycles. The van der Waals surface area contributed by atoms with Gasteiger partial charge in [0, 0.05) is 37.3 Å². The quantitative estimate of drug-likeness (QED) is 0.337. The monoisotopic (exact) mass is 478 g/mol. The number of aliphatic hydroxyl groups is 1. The first-order valence-corrected chi connectivity index (χ1v) is 10.8. The number of fused-ring (bicyclic) bond motifs is 1. The van der Waals surface area contributed by atoms with E-state index in [9.17, 15) is 9.50 Å². The number of nitrogens with zero attached hydrogens (tertiary/aromatic N) is 2. The summed E-state index contributed by atoms with van der Waals surface area (Å²) >= 11 is 5.90. The summed E-state index contributed by atoms with van der Waals surface area (Å²) in [6.45, 7) is 5.55. The van der Waals surface area contributed by atoms with Crippen molar-refractivity contribution in [2.75, 3.05) is 45.3 Å². The normalized spacial score (nSPS) is 11.6. The molecule has 0 fully saturated rings. The zero-order valence-corrected chi connectivity index (χ0v) is 19.6. The van der Waals surface area contributed by atoms with Crippen LogP contribution in [0.25, 0.3) is 10.9 Å². The summed E-state index contributed by atoms with van der Waals surface area (Å²) in [5, 5.41) is 16.8. The van der Waals surface area contributed by atoms with Gasteiger partial charge in [0.05, 0.1) is 22.7 Å². The molecule has 3 rings (SSSR count). The van der Waals surface area contributed by atoms with Crippen LogP contribution in [0.3, 0.4) is 0 Å². The predicted molar refractivity (Wildman–Crippen MR) is 126 cm³/mol. The third-order valence-corrected chi connectivity index (χ3v) is 4.81. The number of anilines is 2. The highest BCUT2D eigenvalue weighted by molar-refractivity contribution is 6.31.